The summed E-state index contributed by atoms with van der Waals surface area (Å²) in [6.07, 6.45) is 13.4. The van der Waals surface area contributed by atoms with E-state index in [0.29, 0.717) is 29.1 Å². The molecule has 0 radical (unpaired) electrons. The number of hydrogen-bond acceptors (Lipinski definition) is 7. The van der Waals surface area contributed by atoms with Crippen molar-refractivity contribution in [2.75, 3.05) is 12.4 Å². The van der Waals surface area contributed by atoms with Crippen molar-refractivity contribution >= 4 is 39.5 Å². The fourth-order valence-electron chi connectivity index (χ4n) is 4.41. The number of methoxy groups -OCH3 is 1. The Balaban J connectivity index is 1.41. The van der Waals surface area contributed by atoms with Gasteiger partial charge in [0.2, 0.25) is 11.8 Å². The zero-order valence-corrected chi connectivity index (χ0v) is 22.1. The minimum Gasteiger partial charge on any atom is -0.481 e. The molecule has 2 heterocycles. The second kappa shape index (κ2) is 11.8. The lowest BCUT2D eigenvalue weighted by Gasteiger charge is -2.28. The third kappa shape index (κ3) is 6.62. The van der Waals surface area contributed by atoms with Gasteiger partial charge in [0.1, 0.15) is 0 Å². The SMILES string of the molecule is CCC1CCC(Nc2ncc(/C=C/c3ccc(CS(=O)(=O)c4ccccc4Cl)nc3OC)cn2)CC1. The summed E-state index contributed by atoms with van der Waals surface area (Å²) < 4.78 is 31.0. The van der Waals surface area contributed by atoms with Crippen LogP contribution in [0.4, 0.5) is 5.95 Å². The zero-order valence-electron chi connectivity index (χ0n) is 20.5. The lowest BCUT2D eigenvalue weighted by Crippen LogP contribution is -2.26. The van der Waals surface area contributed by atoms with Gasteiger partial charge in [-0.3, -0.25) is 0 Å². The van der Waals surface area contributed by atoms with Gasteiger partial charge < -0.3 is 10.1 Å². The molecule has 36 heavy (non-hydrogen) atoms. The summed E-state index contributed by atoms with van der Waals surface area (Å²) in [6.45, 7) is 2.26. The van der Waals surface area contributed by atoms with E-state index in [1.165, 1.54) is 32.4 Å². The third-order valence-corrected chi connectivity index (χ3v) is 8.68. The first-order valence-corrected chi connectivity index (χ1v) is 14.2. The van der Waals surface area contributed by atoms with E-state index in [2.05, 4.69) is 27.2 Å². The van der Waals surface area contributed by atoms with E-state index < -0.39 is 9.84 Å². The molecule has 0 amide bonds. The lowest BCUT2D eigenvalue weighted by atomic mass is 9.85. The van der Waals surface area contributed by atoms with E-state index >= 15 is 0 Å². The van der Waals surface area contributed by atoms with Crippen molar-refractivity contribution in [3.8, 4) is 5.88 Å². The van der Waals surface area contributed by atoms with Crippen molar-refractivity contribution in [1.82, 2.24) is 15.0 Å². The van der Waals surface area contributed by atoms with E-state index in [0.717, 1.165) is 24.3 Å². The molecule has 9 heteroatoms. The largest absolute Gasteiger partial charge is 0.481 e. The highest BCUT2D eigenvalue weighted by atomic mass is 35.5. The second-order valence-corrected chi connectivity index (χ2v) is 11.4. The van der Waals surface area contributed by atoms with Crippen LogP contribution in [0.3, 0.4) is 0 Å². The number of ether oxygens (including phenoxy) is 1. The van der Waals surface area contributed by atoms with Crippen LogP contribution in [0.15, 0.2) is 53.7 Å². The number of benzene rings is 1. The van der Waals surface area contributed by atoms with E-state index in [9.17, 15) is 8.42 Å². The van der Waals surface area contributed by atoms with Crippen molar-refractivity contribution in [3.63, 3.8) is 0 Å². The van der Waals surface area contributed by atoms with Gasteiger partial charge in [-0.05, 0) is 61.9 Å². The predicted octanol–water partition coefficient (Wildman–Crippen LogP) is 6.06. The maximum Gasteiger partial charge on any atom is 0.222 e. The third-order valence-electron chi connectivity index (χ3n) is 6.53. The molecule has 190 valence electrons. The maximum atomic E-state index is 12.8. The van der Waals surface area contributed by atoms with Gasteiger partial charge in [0, 0.05) is 29.6 Å². The first-order valence-electron chi connectivity index (χ1n) is 12.2. The van der Waals surface area contributed by atoms with Crippen molar-refractivity contribution in [2.45, 2.75) is 55.7 Å². The minimum atomic E-state index is -3.65. The van der Waals surface area contributed by atoms with Crippen molar-refractivity contribution < 1.29 is 13.2 Å². The van der Waals surface area contributed by atoms with E-state index in [1.807, 2.05) is 12.2 Å². The Morgan fingerprint density at radius 1 is 1.06 bits per heavy atom. The standard InChI is InChI=1S/C27H31ClN4O3S/c1-3-19-9-13-22(14-10-19)32-27-29-16-20(17-30-27)8-11-21-12-15-23(31-26(21)35-2)18-36(33,34)25-7-5-4-6-24(25)28/h4-8,11-12,15-17,19,22H,3,9-10,13-14,18H2,1-2H3,(H,29,30,32)/b11-8+. The number of aromatic nitrogens is 3. The van der Waals surface area contributed by atoms with Gasteiger partial charge in [-0.2, -0.15) is 0 Å². The number of anilines is 1. The molecule has 0 bridgehead atoms. The highest BCUT2D eigenvalue weighted by molar-refractivity contribution is 7.90. The number of rotatable bonds is 9. The van der Waals surface area contributed by atoms with Crippen LogP contribution in [-0.4, -0.2) is 36.5 Å². The van der Waals surface area contributed by atoms with E-state index in [1.54, 1.807) is 42.7 Å². The Hall–Kier alpha value is -2.97. The molecule has 4 rings (SSSR count). The summed E-state index contributed by atoms with van der Waals surface area (Å²) in [4.78, 5) is 13.4. The molecule has 1 saturated carbocycles. The van der Waals surface area contributed by atoms with Gasteiger partial charge in [-0.15, -0.1) is 0 Å². The van der Waals surface area contributed by atoms with Crippen LogP contribution in [0, 0.1) is 5.92 Å². The fraction of sp³-hybridized carbons (Fsp3) is 0.370. The average Bonchev–Trinajstić information content (AvgIpc) is 2.89. The fourth-order valence-corrected chi connectivity index (χ4v) is 6.26. The summed E-state index contributed by atoms with van der Waals surface area (Å²) in [5.41, 5.74) is 1.92. The molecule has 7 nitrogen and oxygen atoms in total. The van der Waals surface area contributed by atoms with Gasteiger partial charge in [-0.25, -0.2) is 23.4 Å². The molecule has 0 aliphatic heterocycles. The van der Waals surface area contributed by atoms with Gasteiger partial charge in [-0.1, -0.05) is 43.2 Å². The van der Waals surface area contributed by atoms with Gasteiger partial charge in [0.25, 0.3) is 0 Å². The summed E-state index contributed by atoms with van der Waals surface area (Å²) in [7, 11) is -2.14. The van der Waals surface area contributed by atoms with Crippen LogP contribution in [0.2, 0.25) is 5.02 Å². The normalized spacial score (nSPS) is 18.3. The molecule has 3 aromatic rings. The smallest absolute Gasteiger partial charge is 0.222 e. The molecule has 1 aliphatic rings. The van der Waals surface area contributed by atoms with Gasteiger partial charge in [0.15, 0.2) is 9.84 Å². The maximum absolute atomic E-state index is 12.8. The molecule has 1 N–H and O–H groups in total. The number of nitrogens with one attached hydrogen (secondary N) is 1. The molecule has 0 atom stereocenters. The quantitative estimate of drug-likeness (QED) is 0.362. The van der Waals surface area contributed by atoms with Crippen LogP contribution >= 0.6 is 11.6 Å². The Bertz CT molecular complexity index is 1300. The Labute approximate surface area is 217 Å². The van der Waals surface area contributed by atoms with Crippen molar-refractivity contribution in [1.29, 1.82) is 0 Å². The summed E-state index contributed by atoms with van der Waals surface area (Å²) in [6, 6.07) is 10.3. The average molecular weight is 527 g/mol. The Morgan fingerprint density at radius 2 is 1.78 bits per heavy atom. The molecule has 2 aromatic heterocycles. The molecule has 1 aromatic carbocycles. The minimum absolute atomic E-state index is 0.0861. The number of sulfone groups is 1. The van der Waals surface area contributed by atoms with Crippen LogP contribution in [0.25, 0.3) is 12.2 Å². The molecular formula is C27H31ClN4O3S. The van der Waals surface area contributed by atoms with Crippen LogP contribution in [0.1, 0.15) is 55.8 Å². The molecule has 0 unspecified atom stereocenters. The van der Waals surface area contributed by atoms with Crippen LogP contribution in [-0.2, 0) is 15.6 Å². The summed E-state index contributed by atoms with van der Waals surface area (Å²) in [5, 5.41) is 3.64. The van der Waals surface area contributed by atoms with Crippen LogP contribution in [0.5, 0.6) is 5.88 Å². The summed E-state index contributed by atoms with van der Waals surface area (Å²) >= 11 is 6.08. The molecular weight excluding hydrogens is 496 g/mol. The Kier molecular flexibility index (Phi) is 8.59. The topological polar surface area (TPSA) is 94.1 Å². The van der Waals surface area contributed by atoms with Gasteiger partial charge in [0.05, 0.1) is 28.5 Å². The number of hydrogen-bond donors (Lipinski definition) is 1. The van der Waals surface area contributed by atoms with Crippen molar-refractivity contribution in [2.24, 2.45) is 5.92 Å². The molecule has 1 fully saturated rings. The first kappa shape index (κ1) is 26.1. The number of nitrogens with zero attached hydrogens (tertiary/aromatic N) is 3. The second-order valence-electron chi connectivity index (χ2n) is 9.03. The van der Waals surface area contributed by atoms with E-state index in [4.69, 9.17) is 16.3 Å². The van der Waals surface area contributed by atoms with Gasteiger partial charge >= 0.3 is 0 Å². The number of halogens is 1. The van der Waals surface area contributed by atoms with Crippen molar-refractivity contribution in [3.05, 3.63) is 70.6 Å². The van der Waals surface area contributed by atoms with Crippen LogP contribution < -0.4 is 10.1 Å². The molecule has 1 aliphatic carbocycles. The molecule has 0 spiro atoms. The Morgan fingerprint density at radius 3 is 2.44 bits per heavy atom. The number of pyridine rings is 1. The monoisotopic (exact) mass is 526 g/mol. The highest BCUT2D eigenvalue weighted by Gasteiger charge is 2.21. The summed E-state index contributed by atoms with van der Waals surface area (Å²) in [5.74, 6) is 1.55. The highest BCUT2D eigenvalue weighted by Crippen LogP contribution is 2.28. The molecule has 0 saturated heterocycles. The predicted molar refractivity (Wildman–Crippen MR) is 144 cm³/mol. The first-order chi connectivity index (χ1) is 17.4. The van der Waals surface area contributed by atoms with E-state index in [-0.39, 0.29) is 15.7 Å². The zero-order chi connectivity index (χ0) is 25.5. The lowest BCUT2D eigenvalue weighted by molar-refractivity contribution is 0.329.